The van der Waals surface area contributed by atoms with Gasteiger partial charge in [0.25, 0.3) is 0 Å². The molecular formula is C15H11N5. The minimum Gasteiger partial charge on any atom is -0.381 e. The predicted molar refractivity (Wildman–Crippen MR) is 78.6 cm³/mol. The minimum absolute atomic E-state index is 0.395. The molecular weight excluding hydrogens is 250 g/mol. The molecule has 4 rings (SSSR count). The van der Waals surface area contributed by atoms with Crippen LogP contribution in [0.5, 0.6) is 0 Å². The SMILES string of the molecule is Nc1nc2ccccc2nc1-n1cnc2ccccc21. The molecule has 0 unspecified atom stereocenters. The van der Waals surface area contributed by atoms with Gasteiger partial charge in [-0.2, -0.15) is 0 Å². The molecule has 2 aromatic heterocycles. The van der Waals surface area contributed by atoms with E-state index in [1.165, 1.54) is 0 Å². The van der Waals surface area contributed by atoms with Crippen molar-refractivity contribution in [3.63, 3.8) is 0 Å². The van der Waals surface area contributed by atoms with E-state index in [-0.39, 0.29) is 0 Å². The maximum Gasteiger partial charge on any atom is 0.182 e. The third-order valence-electron chi connectivity index (χ3n) is 3.26. The Kier molecular flexibility index (Phi) is 2.20. The lowest BCUT2D eigenvalue weighted by Crippen LogP contribution is -2.04. The Morgan fingerprint density at radius 2 is 1.45 bits per heavy atom. The second-order valence-electron chi connectivity index (χ2n) is 4.52. The molecule has 0 atom stereocenters. The third-order valence-corrected chi connectivity index (χ3v) is 3.26. The fraction of sp³-hybridized carbons (Fsp3) is 0. The number of nitrogens with zero attached hydrogens (tertiary/aromatic N) is 4. The summed E-state index contributed by atoms with van der Waals surface area (Å²) in [7, 11) is 0. The molecule has 2 N–H and O–H groups in total. The number of anilines is 1. The normalized spacial score (nSPS) is 11.2. The molecule has 0 saturated heterocycles. The predicted octanol–water partition coefficient (Wildman–Crippen LogP) is 2.55. The Labute approximate surface area is 114 Å². The summed E-state index contributed by atoms with van der Waals surface area (Å²) in [5.74, 6) is 1.00. The lowest BCUT2D eigenvalue weighted by molar-refractivity contribution is 1.03. The third kappa shape index (κ3) is 1.53. The van der Waals surface area contributed by atoms with Gasteiger partial charge in [0.15, 0.2) is 11.6 Å². The maximum atomic E-state index is 6.05. The highest BCUT2D eigenvalue weighted by Gasteiger charge is 2.10. The largest absolute Gasteiger partial charge is 0.381 e. The van der Waals surface area contributed by atoms with Crippen LogP contribution in [0.3, 0.4) is 0 Å². The molecule has 0 aliphatic heterocycles. The molecule has 0 spiro atoms. The summed E-state index contributed by atoms with van der Waals surface area (Å²) >= 11 is 0. The van der Waals surface area contributed by atoms with Gasteiger partial charge >= 0.3 is 0 Å². The minimum atomic E-state index is 0.395. The number of hydrogen-bond donors (Lipinski definition) is 1. The topological polar surface area (TPSA) is 69.6 Å². The van der Waals surface area contributed by atoms with Crippen molar-refractivity contribution in [3.8, 4) is 5.82 Å². The van der Waals surface area contributed by atoms with Crippen molar-refractivity contribution < 1.29 is 0 Å². The van der Waals surface area contributed by atoms with E-state index in [4.69, 9.17) is 5.73 Å². The van der Waals surface area contributed by atoms with E-state index in [9.17, 15) is 0 Å². The molecule has 2 heterocycles. The zero-order valence-electron chi connectivity index (χ0n) is 10.6. The lowest BCUT2D eigenvalue weighted by Gasteiger charge is -2.07. The Morgan fingerprint density at radius 1 is 0.800 bits per heavy atom. The summed E-state index contributed by atoms with van der Waals surface area (Å²) in [4.78, 5) is 13.4. The van der Waals surface area contributed by atoms with Gasteiger partial charge in [-0.15, -0.1) is 0 Å². The number of aromatic nitrogens is 4. The van der Waals surface area contributed by atoms with Crippen molar-refractivity contribution in [2.75, 3.05) is 5.73 Å². The number of nitrogen functional groups attached to an aromatic ring is 1. The molecule has 2 aromatic carbocycles. The van der Waals surface area contributed by atoms with E-state index in [0.29, 0.717) is 11.6 Å². The molecule has 5 heteroatoms. The van der Waals surface area contributed by atoms with Crippen molar-refractivity contribution in [1.82, 2.24) is 19.5 Å². The molecule has 96 valence electrons. The molecule has 0 aliphatic rings. The maximum absolute atomic E-state index is 6.05. The summed E-state index contributed by atoms with van der Waals surface area (Å²) in [5, 5.41) is 0. The zero-order chi connectivity index (χ0) is 13.5. The molecule has 0 saturated carbocycles. The zero-order valence-corrected chi connectivity index (χ0v) is 10.6. The second-order valence-corrected chi connectivity index (χ2v) is 4.52. The average molecular weight is 261 g/mol. The highest BCUT2D eigenvalue weighted by Crippen LogP contribution is 2.22. The van der Waals surface area contributed by atoms with Crippen LogP contribution in [-0.2, 0) is 0 Å². The van der Waals surface area contributed by atoms with Crippen LogP contribution < -0.4 is 5.73 Å². The van der Waals surface area contributed by atoms with Crippen LogP contribution in [0.4, 0.5) is 5.82 Å². The quantitative estimate of drug-likeness (QED) is 0.571. The van der Waals surface area contributed by atoms with Crippen molar-refractivity contribution in [1.29, 1.82) is 0 Å². The number of rotatable bonds is 1. The first kappa shape index (κ1) is 10.9. The van der Waals surface area contributed by atoms with Crippen molar-refractivity contribution in [2.24, 2.45) is 0 Å². The van der Waals surface area contributed by atoms with Gasteiger partial charge in [0.05, 0.1) is 22.1 Å². The Hall–Kier alpha value is -2.95. The Balaban J connectivity index is 2.04. The molecule has 0 fully saturated rings. The van der Waals surface area contributed by atoms with Crippen LogP contribution in [0.25, 0.3) is 27.9 Å². The summed E-state index contributed by atoms with van der Waals surface area (Å²) in [6.07, 6.45) is 1.72. The van der Waals surface area contributed by atoms with Crippen LogP contribution >= 0.6 is 0 Å². The first-order valence-corrected chi connectivity index (χ1v) is 6.28. The van der Waals surface area contributed by atoms with E-state index in [1.54, 1.807) is 6.33 Å². The van der Waals surface area contributed by atoms with E-state index in [2.05, 4.69) is 15.0 Å². The van der Waals surface area contributed by atoms with Crippen molar-refractivity contribution in [3.05, 3.63) is 54.9 Å². The van der Waals surface area contributed by atoms with Gasteiger partial charge in [0.1, 0.15) is 6.33 Å². The van der Waals surface area contributed by atoms with Gasteiger partial charge in [-0.25, -0.2) is 15.0 Å². The molecule has 4 aromatic rings. The van der Waals surface area contributed by atoms with Gasteiger partial charge in [0.2, 0.25) is 0 Å². The highest BCUT2D eigenvalue weighted by atomic mass is 15.1. The van der Waals surface area contributed by atoms with Crippen LogP contribution in [0.2, 0.25) is 0 Å². The van der Waals surface area contributed by atoms with Gasteiger partial charge in [-0.1, -0.05) is 24.3 Å². The van der Waals surface area contributed by atoms with Gasteiger partial charge in [-0.3, -0.25) is 4.57 Å². The lowest BCUT2D eigenvalue weighted by atomic mass is 10.3. The Morgan fingerprint density at radius 3 is 2.25 bits per heavy atom. The fourth-order valence-electron chi connectivity index (χ4n) is 2.31. The first-order valence-electron chi connectivity index (χ1n) is 6.28. The average Bonchev–Trinajstić information content (AvgIpc) is 2.90. The summed E-state index contributed by atoms with van der Waals surface area (Å²) in [6.45, 7) is 0. The number of para-hydroxylation sites is 4. The summed E-state index contributed by atoms with van der Waals surface area (Å²) < 4.78 is 1.87. The Bertz CT molecular complexity index is 926. The smallest absolute Gasteiger partial charge is 0.182 e. The number of nitrogens with two attached hydrogens (primary N) is 1. The summed E-state index contributed by atoms with van der Waals surface area (Å²) in [6, 6.07) is 15.5. The number of hydrogen-bond acceptors (Lipinski definition) is 4. The van der Waals surface area contributed by atoms with Crippen LogP contribution in [0.15, 0.2) is 54.9 Å². The molecule has 20 heavy (non-hydrogen) atoms. The van der Waals surface area contributed by atoms with E-state index < -0.39 is 0 Å². The van der Waals surface area contributed by atoms with Gasteiger partial charge < -0.3 is 5.73 Å². The van der Waals surface area contributed by atoms with Crippen LogP contribution in [0.1, 0.15) is 0 Å². The number of fused-ring (bicyclic) bond motifs is 2. The second kappa shape index (κ2) is 4.03. The molecule has 0 amide bonds. The highest BCUT2D eigenvalue weighted by molar-refractivity contribution is 5.81. The van der Waals surface area contributed by atoms with E-state index >= 15 is 0 Å². The molecule has 0 radical (unpaired) electrons. The van der Waals surface area contributed by atoms with Crippen LogP contribution in [-0.4, -0.2) is 19.5 Å². The van der Waals surface area contributed by atoms with E-state index in [1.807, 2.05) is 53.1 Å². The van der Waals surface area contributed by atoms with Crippen molar-refractivity contribution >= 4 is 27.9 Å². The first-order chi connectivity index (χ1) is 9.83. The monoisotopic (exact) mass is 261 g/mol. The molecule has 0 bridgehead atoms. The van der Waals surface area contributed by atoms with Gasteiger partial charge in [0, 0.05) is 0 Å². The molecule has 0 aliphatic carbocycles. The number of benzene rings is 2. The van der Waals surface area contributed by atoms with Crippen LogP contribution in [0, 0.1) is 0 Å². The van der Waals surface area contributed by atoms with E-state index in [0.717, 1.165) is 22.1 Å². The van der Waals surface area contributed by atoms with Crippen molar-refractivity contribution in [2.45, 2.75) is 0 Å². The number of imidazole rings is 1. The van der Waals surface area contributed by atoms with Gasteiger partial charge in [-0.05, 0) is 24.3 Å². The summed E-state index contributed by atoms with van der Waals surface area (Å²) in [5.41, 5.74) is 9.52. The fourth-order valence-corrected chi connectivity index (χ4v) is 2.31. The molecule has 5 nitrogen and oxygen atoms in total. The standard InChI is InChI=1S/C15H11N5/c16-14-15(19-11-6-2-1-5-10(11)18-14)20-9-17-12-7-3-4-8-13(12)20/h1-9H,(H2,16,18).